The van der Waals surface area contributed by atoms with E-state index < -0.39 is 0 Å². The third-order valence-corrected chi connectivity index (χ3v) is 4.23. The first-order valence-electron chi connectivity index (χ1n) is 6.80. The number of amides is 2. The molecule has 0 aliphatic heterocycles. The van der Waals surface area contributed by atoms with Crippen LogP contribution >= 0.6 is 23.2 Å². The second-order valence-corrected chi connectivity index (χ2v) is 6.02. The minimum absolute atomic E-state index is 0.0306. The summed E-state index contributed by atoms with van der Waals surface area (Å²) < 4.78 is 5.37. The molecule has 3 rings (SSSR count). The average molecular weight is 341 g/mol. The SMILES string of the molecule is O=C(COc1ccc(Cl)cc1)N[C@@H]1CC2(NC(=O)CCl)C=C12. The molecule has 2 aliphatic rings. The van der Waals surface area contributed by atoms with Gasteiger partial charge in [0.25, 0.3) is 5.91 Å². The summed E-state index contributed by atoms with van der Waals surface area (Å²) >= 11 is 11.2. The summed E-state index contributed by atoms with van der Waals surface area (Å²) in [5.74, 6) is 0.116. The first kappa shape index (κ1) is 15.2. The summed E-state index contributed by atoms with van der Waals surface area (Å²) in [6, 6.07) is 6.77. The standard InChI is InChI=1S/C15H14Cl2N2O3/c16-7-13(20)19-15-5-11(15)12(6-15)18-14(21)8-22-10-3-1-9(17)2-4-10/h1-5,12H,6-8H2,(H,18,21)(H,19,20)/t12-,15?/m1/s1. The van der Waals surface area contributed by atoms with E-state index in [-0.39, 0.29) is 35.9 Å². The molecule has 1 fully saturated rings. The number of fused-ring (bicyclic) bond motifs is 1. The van der Waals surface area contributed by atoms with Gasteiger partial charge in [-0.15, -0.1) is 11.6 Å². The summed E-state index contributed by atoms with van der Waals surface area (Å²) in [5.41, 5.74) is 0.701. The molecular weight excluding hydrogens is 327 g/mol. The Bertz CT molecular complexity index is 645. The van der Waals surface area contributed by atoms with Crippen molar-refractivity contribution < 1.29 is 14.3 Å². The first-order valence-corrected chi connectivity index (χ1v) is 7.71. The molecule has 1 saturated carbocycles. The van der Waals surface area contributed by atoms with Crippen LogP contribution in [-0.2, 0) is 9.59 Å². The lowest BCUT2D eigenvalue weighted by Crippen LogP contribution is -2.56. The minimum Gasteiger partial charge on any atom is -0.484 e. The fourth-order valence-electron chi connectivity index (χ4n) is 2.60. The number of alkyl halides is 1. The van der Waals surface area contributed by atoms with Crippen molar-refractivity contribution in [3.8, 4) is 5.75 Å². The molecule has 1 aromatic rings. The lowest BCUT2D eigenvalue weighted by Gasteiger charge is -2.36. The monoisotopic (exact) mass is 340 g/mol. The van der Waals surface area contributed by atoms with E-state index in [0.29, 0.717) is 17.2 Å². The van der Waals surface area contributed by atoms with Crippen molar-refractivity contribution in [1.82, 2.24) is 10.6 Å². The number of hydrogen-bond acceptors (Lipinski definition) is 3. The molecule has 2 N–H and O–H groups in total. The fraction of sp³-hybridized carbons (Fsp3) is 0.333. The highest BCUT2D eigenvalue weighted by molar-refractivity contribution is 6.30. The third-order valence-electron chi connectivity index (χ3n) is 3.74. The van der Waals surface area contributed by atoms with Crippen molar-refractivity contribution in [3.63, 3.8) is 0 Å². The molecule has 0 spiro atoms. The van der Waals surface area contributed by atoms with E-state index in [1.165, 1.54) is 0 Å². The highest BCUT2D eigenvalue weighted by atomic mass is 35.5. The van der Waals surface area contributed by atoms with E-state index in [1.807, 2.05) is 6.08 Å². The van der Waals surface area contributed by atoms with Crippen LogP contribution in [0.15, 0.2) is 35.9 Å². The molecule has 0 aromatic heterocycles. The van der Waals surface area contributed by atoms with Crippen molar-refractivity contribution in [2.75, 3.05) is 12.5 Å². The summed E-state index contributed by atoms with van der Waals surface area (Å²) in [7, 11) is 0. The zero-order valence-electron chi connectivity index (χ0n) is 11.6. The predicted molar refractivity (Wildman–Crippen MR) is 83.2 cm³/mol. The van der Waals surface area contributed by atoms with Gasteiger partial charge < -0.3 is 15.4 Å². The van der Waals surface area contributed by atoms with Gasteiger partial charge in [-0.2, -0.15) is 0 Å². The molecule has 0 bridgehead atoms. The van der Waals surface area contributed by atoms with Crippen LogP contribution in [0, 0.1) is 0 Å². The number of carbonyl (C=O) groups excluding carboxylic acids is 2. The van der Waals surface area contributed by atoms with E-state index in [4.69, 9.17) is 27.9 Å². The third kappa shape index (κ3) is 3.05. The molecule has 7 heteroatoms. The molecule has 2 aliphatic carbocycles. The van der Waals surface area contributed by atoms with Crippen molar-refractivity contribution in [3.05, 3.63) is 40.9 Å². The average Bonchev–Trinajstić information content (AvgIpc) is 3.08. The zero-order chi connectivity index (χ0) is 15.7. The van der Waals surface area contributed by atoms with Gasteiger partial charge in [-0.05, 0) is 29.8 Å². The molecule has 2 atom stereocenters. The molecule has 5 nitrogen and oxygen atoms in total. The van der Waals surface area contributed by atoms with Gasteiger partial charge in [-0.1, -0.05) is 17.7 Å². The number of halogens is 2. The smallest absolute Gasteiger partial charge is 0.258 e. The second kappa shape index (κ2) is 5.82. The fourth-order valence-corrected chi connectivity index (χ4v) is 2.80. The number of rotatable bonds is 6. The molecule has 1 unspecified atom stereocenters. The summed E-state index contributed by atoms with van der Waals surface area (Å²) in [6.07, 6.45) is 2.61. The van der Waals surface area contributed by atoms with Crippen LogP contribution in [-0.4, -0.2) is 35.9 Å². The summed E-state index contributed by atoms with van der Waals surface area (Å²) in [4.78, 5) is 23.1. The number of nitrogens with one attached hydrogen (secondary N) is 2. The van der Waals surface area contributed by atoms with Crippen LogP contribution in [0.5, 0.6) is 5.75 Å². The highest BCUT2D eigenvalue weighted by Crippen LogP contribution is 2.52. The molecule has 22 heavy (non-hydrogen) atoms. The lowest BCUT2D eigenvalue weighted by atomic mass is 9.85. The minimum atomic E-state index is -0.332. The maximum Gasteiger partial charge on any atom is 0.258 e. The van der Waals surface area contributed by atoms with Crippen LogP contribution in [0.2, 0.25) is 5.02 Å². The van der Waals surface area contributed by atoms with E-state index in [0.717, 1.165) is 5.57 Å². The Balaban J connectivity index is 1.40. The summed E-state index contributed by atoms with van der Waals surface area (Å²) in [6.45, 7) is -0.0630. The van der Waals surface area contributed by atoms with Crippen molar-refractivity contribution in [1.29, 1.82) is 0 Å². The van der Waals surface area contributed by atoms with Crippen LogP contribution in [0.25, 0.3) is 0 Å². The molecule has 2 amide bonds. The summed E-state index contributed by atoms with van der Waals surface area (Å²) in [5, 5.41) is 6.30. The lowest BCUT2D eigenvalue weighted by molar-refractivity contribution is -0.123. The van der Waals surface area contributed by atoms with Gasteiger partial charge in [0.05, 0.1) is 11.6 Å². The van der Waals surface area contributed by atoms with Crippen molar-refractivity contribution in [2.24, 2.45) is 0 Å². The number of carbonyl (C=O) groups is 2. The predicted octanol–water partition coefficient (Wildman–Crippen LogP) is 1.64. The van der Waals surface area contributed by atoms with E-state index in [1.54, 1.807) is 24.3 Å². The Morgan fingerprint density at radius 2 is 2.00 bits per heavy atom. The Labute approximate surface area is 137 Å². The Morgan fingerprint density at radius 1 is 1.27 bits per heavy atom. The maximum atomic E-state index is 11.8. The van der Waals surface area contributed by atoms with Gasteiger partial charge in [-0.3, -0.25) is 9.59 Å². The van der Waals surface area contributed by atoms with Gasteiger partial charge in [0.15, 0.2) is 6.61 Å². The molecule has 116 valence electrons. The number of ether oxygens (including phenoxy) is 1. The van der Waals surface area contributed by atoms with Crippen LogP contribution in [0.1, 0.15) is 6.42 Å². The number of benzene rings is 1. The van der Waals surface area contributed by atoms with Gasteiger partial charge in [0.2, 0.25) is 5.91 Å². The normalized spacial score (nSPS) is 24.5. The van der Waals surface area contributed by atoms with E-state index >= 15 is 0 Å². The van der Waals surface area contributed by atoms with Crippen molar-refractivity contribution in [2.45, 2.75) is 18.0 Å². The highest BCUT2D eigenvalue weighted by Gasteiger charge is 2.59. The van der Waals surface area contributed by atoms with Gasteiger partial charge in [0.1, 0.15) is 11.6 Å². The van der Waals surface area contributed by atoms with E-state index in [2.05, 4.69) is 10.6 Å². The van der Waals surface area contributed by atoms with Gasteiger partial charge in [0, 0.05) is 11.4 Å². The van der Waals surface area contributed by atoms with Gasteiger partial charge >= 0.3 is 0 Å². The van der Waals surface area contributed by atoms with Crippen LogP contribution in [0.4, 0.5) is 0 Å². The van der Waals surface area contributed by atoms with Crippen molar-refractivity contribution >= 4 is 35.0 Å². The Kier molecular flexibility index (Phi) is 4.02. The van der Waals surface area contributed by atoms with Crippen LogP contribution in [0.3, 0.4) is 0 Å². The van der Waals surface area contributed by atoms with Crippen LogP contribution < -0.4 is 15.4 Å². The molecule has 0 saturated heterocycles. The zero-order valence-corrected chi connectivity index (χ0v) is 13.1. The Morgan fingerprint density at radius 3 is 2.64 bits per heavy atom. The quantitative estimate of drug-likeness (QED) is 0.611. The first-order chi connectivity index (χ1) is 10.5. The maximum absolute atomic E-state index is 11.8. The molecule has 1 aromatic carbocycles. The Hall–Kier alpha value is -1.72. The molecule has 0 radical (unpaired) electrons. The molecular formula is C15H14Cl2N2O3. The second-order valence-electron chi connectivity index (χ2n) is 5.32. The molecule has 0 heterocycles. The largest absolute Gasteiger partial charge is 0.484 e. The topological polar surface area (TPSA) is 67.4 Å². The number of hydrogen-bond donors (Lipinski definition) is 2. The van der Waals surface area contributed by atoms with E-state index in [9.17, 15) is 9.59 Å². The van der Waals surface area contributed by atoms with Gasteiger partial charge in [-0.25, -0.2) is 0 Å².